The average molecular weight is 341 g/mol. The van der Waals surface area contributed by atoms with Crippen LogP contribution in [-0.4, -0.2) is 44.7 Å². The van der Waals surface area contributed by atoms with Gasteiger partial charge in [-0.3, -0.25) is 15.6 Å². The summed E-state index contributed by atoms with van der Waals surface area (Å²) < 4.78 is 1.56. The Hall–Kier alpha value is -2.32. The van der Waals surface area contributed by atoms with Crippen molar-refractivity contribution in [1.82, 2.24) is 36.4 Å². The first-order chi connectivity index (χ1) is 12.3. The quantitative estimate of drug-likeness (QED) is 0.762. The molecule has 1 amide bonds. The molecule has 8 heteroatoms. The van der Waals surface area contributed by atoms with E-state index in [1.165, 1.54) is 38.4 Å². The van der Waals surface area contributed by atoms with E-state index in [0.717, 1.165) is 5.69 Å². The molecular formula is C17H23N7O. The lowest BCUT2D eigenvalue weighted by Gasteiger charge is -2.21. The lowest BCUT2D eigenvalue weighted by Crippen LogP contribution is -2.42. The molecule has 0 radical (unpaired) electrons. The Morgan fingerprint density at radius 3 is 2.80 bits per heavy atom. The van der Waals surface area contributed by atoms with Crippen LogP contribution in [-0.2, 0) is 0 Å². The number of carbonyl (C=O) groups excluding carboxylic acids is 1. The molecule has 8 nitrogen and oxygen atoms in total. The number of nitrogens with one attached hydrogen (secondary N) is 3. The van der Waals surface area contributed by atoms with Gasteiger partial charge in [-0.1, -0.05) is 19.3 Å². The van der Waals surface area contributed by atoms with Gasteiger partial charge in [0.05, 0.1) is 5.69 Å². The highest BCUT2D eigenvalue weighted by Crippen LogP contribution is 2.28. The van der Waals surface area contributed by atoms with Gasteiger partial charge in [0.2, 0.25) is 0 Å². The summed E-state index contributed by atoms with van der Waals surface area (Å²) in [6, 6.07) is 8.10. The van der Waals surface area contributed by atoms with Gasteiger partial charge in [0.15, 0.2) is 0 Å². The zero-order valence-electron chi connectivity index (χ0n) is 14.1. The molecule has 2 heterocycles. The van der Waals surface area contributed by atoms with Crippen LogP contribution >= 0.6 is 0 Å². The van der Waals surface area contributed by atoms with E-state index in [0.29, 0.717) is 30.1 Å². The molecule has 132 valence electrons. The fraction of sp³-hybridized carbons (Fsp3) is 0.529. The van der Waals surface area contributed by atoms with Gasteiger partial charge in [-0.05, 0) is 53.5 Å². The van der Waals surface area contributed by atoms with Crippen molar-refractivity contribution in [3.8, 4) is 5.69 Å². The summed E-state index contributed by atoms with van der Waals surface area (Å²) in [6.45, 7) is 0.641. The van der Waals surface area contributed by atoms with Gasteiger partial charge in [-0.25, -0.2) is 4.68 Å². The maximum atomic E-state index is 12.4. The van der Waals surface area contributed by atoms with E-state index in [-0.39, 0.29) is 5.91 Å². The fourth-order valence-electron chi connectivity index (χ4n) is 3.87. The van der Waals surface area contributed by atoms with E-state index < -0.39 is 0 Å². The molecule has 2 fully saturated rings. The predicted molar refractivity (Wildman–Crippen MR) is 91.9 cm³/mol. The molecule has 3 unspecified atom stereocenters. The summed E-state index contributed by atoms with van der Waals surface area (Å²) in [7, 11) is 0. The van der Waals surface area contributed by atoms with Gasteiger partial charge in [0.25, 0.3) is 5.91 Å². The maximum absolute atomic E-state index is 12.4. The molecule has 2 aromatic rings. The Labute approximate surface area is 146 Å². The van der Waals surface area contributed by atoms with E-state index in [2.05, 4.69) is 31.7 Å². The normalized spacial score (nSPS) is 26.0. The zero-order chi connectivity index (χ0) is 17.1. The Balaban J connectivity index is 1.34. The van der Waals surface area contributed by atoms with Crippen molar-refractivity contribution in [2.45, 2.75) is 44.2 Å². The summed E-state index contributed by atoms with van der Waals surface area (Å²) in [6.07, 6.45) is 7.88. The SMILES string of the molecule is O=C(NCC1NNC2CCCCCC21)c1ccc(-n2cnnn2)cc1. The van der Waals surface area contributed by atoms with Crippen molar-refractivity contribution in [2.24, 2.45) is 5.92 Å². The minimum Gasteiger partial charge on any atom is -0.350 e. The standard InChI is InChI=1S/C17H23N7O/c25-17(12-6-8-13(9-7-12)24-11-19-22-23-24)18-10-16-14-4-2-1-3-5-15(14)20-21-16/h6-9,11,14-16,20-21H,1-5,10H2,(H,18,25). The number of benzene rings is 1. The number of hydrogen-bond acceptors (Lipinski definition) is 6. The molecular weight excluding hydrogens is 318 g/mol. The van der Waals surface area contributed by atoms with Gasteiger partial charge in [-0.15, -0.1) is 5.10 Å². The Morgan fingerprint density at radius 2 is 2.00 bits per heavy atom. The van der Waals surface area contributed by atoms with Crippen LogP contribution in [0, 0.1) is 5.92 Å². The van der Waals surface area contributed by atoms with Gasteiger partial charge in [0.1, 0.15) is 6.33 Å². The molecule has 3 atom stereocenters. The van der Waals surface area contributed by atoms with E-state index >= 15 is 0 Å². The van der Waals surface area contributed by atoms with Gasteiger partial charge < -0.3 is 5.32 Å². The third kappa shape index (κ3) is 3.54. The first-order valence-corrected chi connectivity index (χ1v) is 8.94. The summed E-state index contributed by atoms with van der Waals surface area (Å²) in [5.41, 5.74) is 8.25. The number of carbonyl (C=O) groups is 1. The zero-order valence-corrected chi connectivity index (χ0v) is 14.1. The lowest BCUT2D eigenvalue weighted by molar-refractivity contribution is 0.0947. The number of hydrogen-bond donors (Lipinski definition) is 3. The number of tetrazole rings is 1. The second-order valence-electron chi connectivity index (χ2n) is 6.81. The molecule has 1 saturated heterocycles. The number of hydrazine groups is 1. The smallest absolute Gasteiger partial charge is 0.251 e. The molecule has 4 rings (SSSR count). The highest BCUT2D eigenvalue weighted by molar-refractivity contribution is 5.94. The molecule has 1 aromatic carbocycles. The van der Waals surface area contributed by atoms with Crippen molar-refractivity contribution in [2.75, 3.05) is 6.54 Å². The third-order valence-corrected chi connectivity index (χ3v) is 5.27. The fourth-order valence-corrected chi connectivity index (χ4v) is 3.87. The van der Waals surface area contributed by atoms with Crippen LogP contribution in [0.5, 0.6) is 0 Å². The van der Waals surface area contributed by atoms with E-state index in [9.17, 15) is 4.79 Å². The highest BCUT2D eigenvalue weighted by Gasteiger charge is 2.36. The first kappa shape index (κ1) is 16.2. The van der Waals surface area contributed by atoms with Crippen LogP contribution in [0.3, 0.4) is 0 Å². The monoisotopic (exact) mass is 341 g/mol. The van der Waals surface area contributed by atoms with Crippen molar-refractivity contribution in [1.29, 1.82) is 0 Å². The van der Waals surface area contributed by atoms with Crippen molar-refractivity contribution < 1.29 is 4.79 Å². The van der Waals surface area contributed by atoms with Gasteiger partial charge in [0, 0.05) is 24.2 Å². The number of rotatable bonds is 4. The van der Waals surface area contributed by atoms with Crippen LogP contribution in [0.2, 0.25) is 0 Å². The summed E-state index contributed by atoms with van der Waals surface area (Å²) in [4.78, 5) is 12.4. The second-order valence-corrected chi connectivity index (χ2v) is 6.81. The largest absolute Gasteiger partial charge is 0.350 e. The Morgan fingerprint density at radius 1 is 1.16 bits per heavy atom. The Bertz CT molecular complexity index is 700. The summed E-state index contributed by atoms with van der Waals surface area (Å²) >= 11 is 0. The molecule has 0 spiro atoms. The predicted octanol–water partition coefficient (Wildman–Crippen LogP) is 0.817. The highest BCUT2D eigenvalue weighted by atomic mass is 16.1. The minimum absolute atomic E-state index is 0.0536. The first-order valence-electron chi connectivity index (χ1n) is 8.94. The number of aromatic nitrogens is 4. The maximum Gasteiger partial charge on any atom is 0.251 e. The molecule has 25 heavy (non-hydrogen) atoms. The molecule has 1 aromatic heterocycles. The molecule has 1 saturated carbocycles. The van der Waals surface area contributed by atoms with Crippen LogP contribution < -0.4 is 16.2 Å². The van der Waals surface area contributed by atoms with Crippen LogP contribution in [0.4, 0.5) is 0 Å². The third-order valence-electron chi connectivity index (χ3n) is 5.27. The van der Waals surface area contributed by atoms with E-state index in [1.807, 2.05) is 12.1 Å². The van der Waals surface area contributed by atoms with Crippen molar-refractivity contribution in [3.63, 3.8) is 0 Å². The molecule has 2 aliphatic rings. The van der Waals surface area contributed by atoms with E-state index in [1.54, 1.807) is 16.8 Å². The van der Waals surface area contributed by atoms with Crippen LogP contribution in [0.25, 0.3) is 5.69 Å². The van der Waals surface area contributed by atoms with Crippen molar-refractivity contribution >= 4 is 5.91 Å². The minimum atomic E-state index is -0.0536. The number of nitrogens with zero attached hydrogens (tertiary/aromatic N) is 4. The molecule has 1 aliphatic carbocycles. The van der Waals surface area contributed by atoms with Crippen LogP contribution in [0.1, 0.15) is 42.5 Å². The van der Waals surface area contributed by atoms with E-state index in [4.69, 9.17) is 0 Å². The van der Waals surface area contributed by atoms with Crippen LogP contribution in [0.15, 0.2) is 30.6 Å². The van der Waals surface area contributed by atoms with Gasteiger partial charge in [-0.2, -0.15) is 0 Å². The second kappa shape index (κ2) is 7.28. The van der Waals surface area contributed by atoms with Gasteiger partial charge >= 0.3 is 0 Å². The Kier molecular flexibility index (Phi) is 4.71. The number of fused-ring (bicyclic) bond motifs is 1. The molecule has 0 bridgehead atoms. The lowest BCUT2D eigenvalue weighted by atomic mass is 9.90. The summed E-state index contributed by atoms with van der Waals surface area (Å²) in [5.74, 6) is 0.548. The summed E-state index contributed by atoms with van der Waals surface area (Å²) in [5, 5.41) is 14.1. The average Bonchev–Trinajstić information content (AvgIpc) is 3.25. The molecule has 1 aliphatic heterocycles. The van der Waals surface area contributed by atoms with Crippen molar-refractivity contribution in [3.05, 3.63) is 36.2 Å². The number of amides is 1. The molecule has 3 N–H and O–H groups in total. The topological polar surface area (TPSA) is 96.8 Å².